The fourth-order valence-electron chi connectivity index (χ4n) is 4.19. The van der Waals surface area contributed by atoms with Crippen molar-refractivity contribution >= 4 is 31.5 Å². The molecule has 40 heavy (non-hydrogen) atoms. The fourth-order valence-corrected chi connectivity index (χ4v) is 6.18. The highest BCUT2D eigenvalue weighted by atomic mass is 31.2. The van der Waals surface area contributed by atoms with Gasteiger partial charge in [0.2, 0.25) is 6.29 Å². The highest BCUT2D eigenvalue weighted by Crippen LogP contribution is 2.60. The molecule has 0 saturated carbocycles. The SMILES string of the molecule is CCOP(=O)(OCC)[C@@H](N[C@H]1[C@H](OC(C)=O)O[C@H](COC(C)=O)[C@@H](OC(C)=O)[C@@H]1OC(C)=O)c1ccc(C)cc1. The van der Waals surface area contributed by atoms with Crippen LogP contribution in [0.15, 0.2) is 24.3 Å². The third kappa shape index (κ3) is 9.38. The molecule has 1 heterocycles. The van der Waals surface area contributed by atoms with Crippen molar-refractivity contribution in [3.8, 4) is 0 Å². The molecule has 0 radical (unpaired) electrons. The molecule has 1 aromatic carbocycles. The largest absolute Gasteiger partial charge is 0.463 e. The van der Waals surface area contributed by atoms with Crippen LogP contribution in [0.1, 0.15) is 58.5 Å². The Labute approximate surface area is 233 Å². The fraction of sp³-hybridized carbons (Fsp3) is 0.615. The number of benzene rings is 1. The van der Waals surface area contributed by atoms with Gasteiger partial charge in [0.25, 0.3) is 0 Å². The summed E-state index contributed by atoms with van der Waals surface area (Å²) < 4.78 is 52.9. The average molecular weight is 588 g/mol. The normalized spacial score (nSPS) is 23.5. The zero-order valence-electron chi connectivity index (χ0n) is 23.7. The summed E-state index contributed by atoms with van der Waals surface area (Å²) in [6.07, 6.45) is -5.34. The van der Waals surface area contributed by atoms with E-state index in [1.165, 1.54) is 6.92 Å². The molecular formula is C26H38NO12P. The van der Waals surface area contributed by atoms with Crippen molar-refractivity contribution in [2.45, 2.75) is 84.9 Å². The first-order valence-corrected chi connectivity index (χ1v) is 14.4. The summed E-state index contributed by atoms with van der Waals surface area (Å²) in [5.41, 5.74) is 1.43. The van der Waals surface area contributed by atoms with Crippen molar-refractivity contribution in [3.05, 3.63) is 35.4 Å². The van der Waals surface area contributed by atoms with E-state index in [0.29, 0.717) is 5.56 Å². The molecule has 1 N–H and O–H groups in total. The third-order valence-corrected chi connectivity index (χ3v) is 7.98. The molecule has 13 nitrogen and oxygen atoms in total. The van der Waals surface area contributed by atoms with Gasteiger partial charge in [-0.05, 0) is 26.3 Å². The van der Waals surface area contributed by atoms with Gasteiger partial charge in [0.05, 0.1) is 13.2 Å². The van der Waals surface area contributed by atoms with Crippen LogP contribution in [0.3, 0.4) is 0 Å². The van der Waals surface area contributed by atoms with Crippen molar-refractivity contribution < 1.29 is 56.5 Å². The predicted molar refractivity (Wildman–Crippen MR) is 140 cm³/mol. The van der Waals surface area contributed by atoms with E-state index in [1.807, 2.05) is 6.92 Å². The molecule has 0 unspecified atom stereocenters. The maximum Gasteiger partial charge on any atom is 0.351 e. The van der Waals surface area contributed by atoms with E-state index in [-0.39, 0.29) is 13.2 Å². The van der Waals surface area contributed by atoms with Crippen LogP contribution in [0.2, 0.25) is 0 Å². The van der Waals surface area contributed by atoms with Crippen LogP contribution in [0.5, 0.6) is 0 Å². The van der Waals surface area contributed by atoms with E-state index in [0.717, 1.165) is 26.3 Å². The van der Waals surface area contributed by atoms with Crippen molar-refractivity contribution in [1.29, 1.82) is 0 Å². The Morgan fingerprint density at radius 3 is 1.85 bits per heavy atom. The van der Waals surface area contributed by atoms with Gasteiger partial charge in [-0.3, -0.25) is 29.1 Å². The van der Waals surface area contributed by atoms with Gasteiger partial charge in [-0.25, -0.2) is 0 Å². The van der Waals surface area contributed by atoms with Gasteiger partial charge in [-0.2, -0.15) is 0 Å². The number of nitrogens with one attached hydrogen (secondary N) is 1. The number of aryl methyl sites for hydroxylation is 1. The average Bonchev–Trinajstić information content (AvgIpc) is 2.84. The van der Waals surface area contributed by atoms with E-state index in [4.69, 9.17) is 32.7 Å². The number of hydrogen-bond acceptors (Lipinski definition) is 13. The van der Waals surface area contributed by atoms with Crippen molar-refractivity contribution in [3.63, 3.8) is 0 Å². The topological polar surface area (TPSA) is 162 Å². The number of esters is 4. The van der Waals surface area contributed by atoms with Crippen LogP contribution in [0, 0.1) is 6.92 Å². The zero-order valence-corrected chi connectivity index (χ0v) is 24.6. The van der Waals surface area contributed by atoms with Gasteiger partial charge in [-0.15, -0.1) is 0 Å². The molecule has 1 aliphatic rings. The minimum atomic E-state index is -3.97. The Kier molecular flexibility index (Phi) is 12.7. The van der Waals surface area contributed by atoms with E-state index < -0.39 is 74.5 Å². The first-order valence-electron chi connectivity index (χ1n) is 12.8. The molecule has 1 aliphatic heterocycles. The lowest BCUT2D eigenvalue weighted by molar-refractivity contribution is -0.272. The molecule has 0 amide bonds. The summed E-state index contributed by atoms with van der Waals surface area (Å²) in [7, 11) is -3.97. The van der Waals surface area contributed by atoms with E-state index >= 15 is 0 Å². The van der Waals surface area contributed by atoms with Crippen LogP contribution < -0.4 is 5.32 Å². The lowest BCUT2D eigenvalue weighted by Crippen LogP contribution is -2.66. The lowest BCUT2D eigenvalue weighted by Gasteiger charge is -2.46. The Morgan fingerprint density at radius 2 is 1.38 bits per heavy atom. The van der Waals surface area contributed by atoms with Crippen LogP contribution in [-0.4, -0.2) is 74.3 Å². The number of carbonyl (C=O) groups excluding carboxylic acids is 4. The highest BCUT2D eigenvalue weighted by Gasteiger charge is 2.54. The summed E-state index contributed by atoms with van der Waals surface area (Å²) in [5.74, 6) is -4.06. The molecule has 0 bridgehead atoms. The van der Waals surface area contributed by atoms with Crippen LogP contribution in [0.4, 0.5) is 0 Å². The van der Waals surface area contributed by atoms with Crippen LogP contribution in [0.25, 0.3) is 0 Å². The van der Waals surface area contributed by atoms with Gasteiger partial charge in [0.1, 0.15) is 24.5 Å². The van der Waals surface area contributed by atoms with Gasteiger partial charge in [0, 0.05) is 27.7 Å². The molecule has 0 aliphatic carbocycles. The first kappa shape index (κ1) is 33.4. The summed E-state index contributed by atoms with van der Waals surface area (Å²) in [4.78, 5) is 48.0. The molecule has 0 aromatic heterocycles. The van der Waals surface area contributed by atoms with Gasteiger partial charge in [-0.1, -0.05) is 29.8 Å². The Hall–Kier alpha value is -2.83. The maximum absolute atomic E-state index is 14.1. The number of rotatable bonds is 13. The van der Waals surface area contributed by atoms with Crippen molar-refractivity contribution in [1.82, 2.24) is 5.32 Å². The molecule has 14 heteroatoms. The zero-order chi connectivity index (χ0) is 30.0. The molecule has 6 atom stereocenters. The minimum Gasteiger partial charge on any atom is -0.463 e. The number of carbonyl (C=O) groups is 4. The molecule has 1 fully saturated rings. The second-order valence-corrected chi connectivity index (χ2v) is 11.1. The smallest absolute Gasteiger partial charge is 0.351 e. The van der Waals surface area contributed by atoms with Crippen molar-refractivity contribution in [2.75, 3.05) is 19.8 Å². The molecule has 1 aromatic rings. The van der Waals surface area contributed by atoms with Gasteiger partial charge in [0.15, 0.2) is 12.2 Å². The molecular weight excluding hydrogens is 549 g/mol. The van der Waals surface area contributed by atoms with E-state index in [2.05, 4.69) is 5.32 Å². The summed E-state index contributed by atoms with van der Waals surface area (Å²) in [6.45, 7) is 9.47. The summed E-state index contributed by atoms with van der Waals surface area (Å²) in [5, 5.41) is 3.11. The minimum absolute atomic E-state index is 0.0454. The number of ether oxygens (including phenoxy) is 5. The molecule has 224 valence electrons. The van der Waals surface area contributed by atoms with Crippen LogP contribution >= 0.6 is 7.60 Å². The third-order valence-electron chi connectivity index (χ3n) is 5.66. The quantitative estimate of drug-likeness (QED) is 0.204. The van der Waals surface area contributed by atoms with E-state index in [1.54, 1.807) is 38.1 Å². The standard InChI is InChI=1S/C26H38NO12P/c1-8-34-40(32,35-9-2)25(20-12-10-15(3)11-13-20)27-22-24(37-18(6)30)23(36-17(5)29)21(14-33-16(4)28)39-26(22)38-19(7)31/h10-13,21-27H,8-9,14H2,1-7H3/t21-,22-,23-,24-,25-,26-/m1/s1. The monoisotopic (exact) mass is 587 g/mol. The molecule has 0 spiro atoms. The molecule has 2 rings (SSSR count). The summed E-state index contributed by atoms with van der Waals surface area (Å²) in [6, 6.07) is 5.78. The Balaban J connectivity index is 2.69. The summed E-state index contributed by atoms with van der Waals surface area (Å²) >= 11 is 0. The van der Waals surface area contributed by atoms with Crippen molar-refractivity contribution in [2.24, 2.45) is 0 Å². The Bertz CT molecular complexity index is 1070. The maximum atomic E-state index is 14.1. The predicted octanol–water partition coefficient (Wildman–Crippen LogP) is 2.93. The Morgan fingerprint density at radius 1 is 0.850 bits per heavy atom. The number of hydrogen-bond donors (Lipinski definition) is 1. The van der Waals surface area contributed by atoms with Gasteiger partial charge >= 0.3 is 31.5 Å². The van der Waals surface area contributed by atoms with E-state index in [9.17, 15) is 23.7 Å². The van der Waals surface area contributed by atoms with Crippen LogP contribution in [-0.2, 0) is 56.5 Å². The first-order chi connectivity index (χ1) is 18.8. The van der Waals surface area contributed by atoms with Gasteiger partial charge < -0.3 is 32.7 Å². The second kappa shape index (κ2) is 15.2. The highest BCUT2D eigenvalue weighted by molar-refractivity contribution is 7.54. The molecule has 1 saturated heterocycles. The lowest BCUT2D eigenvalue weighted by atomic mass is 9.95. The second-order valence-electron chi connectivity index (χ2n) is 8.98.